The molecule has 7 nitrogen and oxygen atoms in total. The zero-order valence-electron chi connectivity index (χ0n) is 15.9. The van der Waals surface area contributed by atoms with Crippen LogP contribution in [0.2, 0.25) is 0 Å². The molecule has 2 aromatic rings. The van der Waals surface area contributed by atoms with E-state index in [1.165, 1.54) is 12.1 Å². The van der Waals surface area contributed by atoms with E-state index in [0.717, 1.165) is 12.8 Å². The number of ether oxygens (including phenoxy) is 1. The summed E-state index contributed by atoms with van der Waals surface area (Å²) < 4.78 is 24.1. The van der Waals surface area contributed by atoms with Crippen LogP contribution in [0.1, 0.15) is 39.4 Å². The highest BCUT2D eigenvalue weighted by Gasteiger charge is 2.27. The van der Waals surface area contributed by atoms with Gasteiger partial charge in [-0.25, -0.2) is 9.18 Å². The molecule has 0 aliphatic carbocycles. The largest absolute Gasteiger partial charge is 0.444 e. The van der Waals surface area contributed by atoms with E-state index in [1.54, 1.807) is 11.0 Å². The molecule has 0 saturated carbocycles. The van der Waals surface area contributed by atoms with Crippen LogP contribution in [-0.4, -0.2) is 39.8 Å². The van der Waals surface area contributed by atoms with Crippen LogP contribution in [0, 0.1) is 11.7 Å². The van der Waals surface area contributed by atoms with Crippen molar-refractivity contribution in [2.45, 2.75) is 45.6 Å². The third-order valence-corrected chi connectivity index (χ3v) is 4.37. The number of nitrogen functional groups attached to an aromatic ring is 1. The van der Waals surface area contributed by atoms with E-state index in [1.807, 2.05) is 20.8 Å². The van der Waals surface area contributed by atoms with Gasteiger partial charge in [0.1, 0.15) is 11.4 Å². The number of amides is 1. The summed E-state index contributed by atoms with van der Waals surface area (Å²) in [6.07, 6.45) is 2.06. The van der Waals surface area contributed by atoms with Crippen molar-refractivity contribution in [3.63, 3.8) is 0 Å². The van der Waals surface area contributed by atoms with Gasteiger partial charge in [-0.05, 0) is 57.7 Å². The molecular weight excluding hydrogens is 351 g/mol. The van der Waals surface area contributed by atoms with E-state index in [4.69, 9.17) is 15.0 Å². The van der Waals surface area contributed by atoms with E-state index >= 15 is 0 Å². The Kier molecular flexibility index (Phi) is 5.34. The highest BCUT2D eigenvalue weighted by molar-refractivity contribution is 5.68. The molecular formula is C19H25FN4O3. The number of likely N-dealkylation sites (tertiary alicyclic amines) is 1. The fourth-order valence-electron chi connectivity index (χ4n) is 3.09. The molecule has 1 aromatic carbocycles. The van der Waals surface area contributed by atoms with Crippen molar-refractivity contribution in [1.29, 1.82) is 0 Å². The number of piperidine rings is 1. The fourth-order valence-corrected chi connectivity index (χ4v) is 3.09. The first-order chi connectivity index (χ1) is 12.7. The van der Waals surface area contributed by atoms with E-state index < -0.39 is 11.4 Å². The van der Waals surface area contributed by atoms with E-state index in [2.05, 4.69) is 10.1 Å². The molecule has 2 N–H and O–H groups in total. The minimum absolute atomic E-state index is 0.252. The molecule has 3 rings (SSSR count). The molecule has 1 aromatic heterocycles. The highest BCUT2D eigenvalue weighted by Crippen LogP contribution is 2.25. The number of hydrogen-bond donors (Lipinski definition) is 1. The summed E-state index contributed by atoms with van der Waals surface area (Å²) in [6.45, 7) is 6.86. The van der Waals surface area contributed by atoms with E-state index in [-0.39, 0.29) is 12.0 Å². The first kappa shape index (κ1) is 19.1. The molecule has 146 valence electrons. The maximum Gasteiger partial charge on any atom is 0.410 e. The Labute approximate surface area is 157 Å². The summed E-state index contributed by atoms with van der Waals surface area (Å²) in [5, 5.41) is 3.99. The average Bonchev–Trinajstić information content (AvgIpc) is 3.01. The molecule has 1 aliphatic rings. The van der Waals surface area contributed by atoms with Crippen molar-refractivity contribution in [2.75, 3.05) is 18.8 Å². The molecule has 27 heavy (non-hydrogen) atoms. The second kappa shape index (κ2) is 7.54. The van der Waals surface area contributed by atoms with Crippen molar-refractivity contribution in [3.8, 4) is 11.5 Å². The second-order valence-electron chi connectivity index (χ2n) is 7.90. The molecule has 0 atom stereocenters. The van der Waals surface area contributed by atoms with E-state index in [0.29, 0.717) is 42.5 Å². The highest BCUT2D eigenvalue weighted by atomic mass is 19.1. The molecule has 2 heterocycles. The second-order valence-corrected chi connectivity index (χ2v) is 7.90. The van der Waals surface area contributed by atoms with Crippen molar-refractivity contribution in [3.05, 3.63) is 29.8 Å². The van der Waals surface area contributed by atoms with Crippen LogP contribution in [0.5, 0.6) is 0 Å². The Balaban J connectivity index is 1.55. The molecule has 1 amide bonds. The Bertz CT molecular complexity index is 787. The first-order valence-electron chi connectivity index (χ1n) is 9.06. The third-order valence-electron chi connectivity index (χ3n) is 4.37. The Morgan fingerprint density at radius 3 is 2.67 bits per heavy atom. The zero-order valence-corrected chi connectivity index (χ0v) is 15.9. The third kappa shape index (κ3) is 5.18. The van der Waals surface area contributed by atoms with Gasteiger partial charge in [-0.3, -0.25) is 0 Å². The summed E-state index contributed by atoms with van der Waals surface area (Å²) in [5.74, 6) is 0.733. The quantitative estimate of drug-likeness (QED) is 0.822. The van der Waals surface area contributed by atoms with Gasteiger partial charge in [0, 0.05) is 30.8 Å². The van der Waals surface area contributed by atoms with Gasteiger partial charge in [-0.1, -0.05) is 5.16 Å². The van der Waals surface area contributed by atoms with Crippen LogP contribution in [0.3, 0.4) is 0 Å². The average molecular weight is 376 g/mol. The summed E-state index contributed by atoms with van der Waals surface area (Å²) in [7, 11) is 0. The smallest absolute Gasteiger partial charge is 0.410 e. The molecule has 0 unspecified atom stereocenters. The number of nitrogens with two attached hydrogens (primary N) is 1. The molecule has 1 fully saturated rings. The van der Waals surface area contributed by atoms with Crippen LogP contribution in [0.15, 0.2) is 22.7 Å². The number of halogens is 1. The van der Waals surface area contributed by atoms with Gasteiger partial charge in [0.25, 0.3) is 5.89 Å². The predicted octanol–water partition coefficient (Wildman–Crippen LogP) is 3.65. The maximum absolute atomic E-state index is 13.5. The molecule has 0 radical (unpaired) electrons. The standard InChI is InChI=1S/C19H25FN4O3/c1-19(2,3)26-18(25)24-6-4-12(5-7-24)8-16-22-17(27-23-16)13-9-14(20)11-15(21)10-13/h9-12H,4-8,21H2,1-3H3. The van der Waals surface area contributed by atoms with Gasteiger partial charge < -0.3 is 19.9 Å². The first-order valence-corrected chi connectivity index (χ1v) is 9.06. The number of carbonyl (C=O) groups is 1. The van der Waals surface area contributed by atoms with Gasteiger partial charge in [0.2, 0.25) is 0 Å². The lowest BCUT2D eigenvalue weighted by Crippen LogP contribution is -2.42. The van der Waals surface area contributed by atoms with E-state index in [9.17, 15) is 9.18 Å². The topological polar surface area (TPSA) is 94.5 Å². The number of anilines is 1. The normalized spacial score (nSPS) is 15.8. The fraction of sp³-hybridized carbons (Fsp3) is 0.526. The summed E-state index contributed by atoms with van der Waals surface area (Å²) in [5.41, 5.74) is 5.93. The molecule has 1 saturated heterocycles. The lowest BCUT2D eigenvalue weighted by atomic mass is 9.93. The number of aromatic nitrogens is 2. The van der Waals surface area contributed by atoms with Crippen molar-refractivity contribution >= 4 is 11.8 Å². The van der Waals surface area contributed by atoms with Crippen LogP contribution < -0.4 is 5.73 Å². The van der Waals surface area contributed by atoms with Crippen LogP contribution in [0.25, 0.3) is 11.5 Å². The molecule has 0 bridgehead atoms. The number of hydrogen-bond acceptors (Lipinski definition) is 6. The monoisotopic (exact) mass is 376 g/mol. The Hall–Kier alpha value is -2.64. The number of rotatable bonds is 3. The van der Waals surface area contributed by atoms with Crippen molar-refractivity contribution in [2.24, 2.45) is 5.92 Å². The van der Waals surface area contributed by atoms with Crippen molar-refractivity contribution < 1.29 is 18.4 Å². The van der Waals surface area contributed by atoms with Gasteiger partial charge >= 0.3 is 6.09 Å². The molecule has 1 aliphatic heterocycles. The zero-order chi connectivity index (χ0) is 19.6. The number of benzene rings is 1. The van der Waals surface area contributed by atoms with Gasteiger partial charge in [0.05, 0.1) is 0 Å². The minimum Gasteiger partial charge on any atom is -0.444 e. The summed E-state index contributed by atoms with van der Waals surface area (Å²) in [4.78, 5) is 18.2. The lowest BCUT2D eigenvalue weighted by Gasteiger charge is -2.33. The molecule has 0 spiro atoms. The summed E-state index contributed by atoms with van der Waals surface area (Å²) in [6, 6.07) is 4.14. The SMILES string of the molecule is CC(C)(C)OC(=O)N1CCC(Cc2noc(-c3cc(N)cc(F)c3)n2)CC1. The Morgan fingerprint density at radius 1 is 1.33 bits per heavy atom. The molecule has 8 heteroatoms. The van der Waals surface area contributed by atoms with Crippen molar-refractivity contribution in [1.82, 2.24) is 15.0 Å². The van der Waals surface area contributed by atoms with Crippen LogP contribution in [0.4, 0.5) is 14.9 Å². The van der Waals surface area contributed by atoms with Gasteiger partial charge in [-0.15, -0.1) is 0 Å². The predicted molar refractivity (Wildman–Crippen MR) is 98.3 cm³/mol. The van der Waals surface area contributed by atoms with Crippen LogP contribution in [-0.2, 0) is 11.2 Å². The number of nitrogens with zero attached hydrogens (tertiary/aromatic N) is 3. The number of carbonyl (C=O) groups excluding carboxylic acids is 1. The lowest BCUT2D eigenvalue weighted by molar-refractivity contribution is 0.0183. The maximum atomic E-state index is 13.5. The van der Waals surface area contributed by atoms with Gasteiger partial charge in [0.15, 0.2) is 5.82 Å². The Morgan fingerprint density at radius 2 is 2.04 bits per heavy atom. The van der Waals surface area contributed by atoms with Gasteiger partial charge in [-0.2, -0.15) is 4.98 Å². The van der Waals surface area contributed by atoms with Crippen LogP contribution >= 0.6 is 0 Å². The minimum atomic E-state index is -0.491. The summed E-state index contributed by atoms with van der Waals surface area (Å²) >= 11 is 0.